The molecule has 8 aromatic rings. The third-order valence-corrected chi connectivity index (χ3v) is 17.5. The average molecular weight is 940 g/mol. The minimum atomic E-state index is -0.358. The van der Waals surface area contributed by atoms with Crippen LogP contribution in [0.3, 0.4) is 0 Å². The summed E-state index contributed by atoms with van der Waals surface area (Å²) < 4.78 is 0. The lowest BCUT2D eigenvalue weighted by Crippen LogP contribution is -2.61. The van der Waals surface area contributed by atoms with Crippen molar-refractivity contribution in [3.05, 3.63) is 208 Å². The number of fused-ring (bicyclic) bond motifs is 9. The maximum absolute atomic E-state index is 2.74. The van der Waals surface area contributed by atoms with Gasteiger partial charge in [-0.1, -0.05) is 172 Å². The number of nitrogens with zero attached hydrogens (tertiary/aromatic N) is 3. The maximum atomic E-state index is 2.74. The predicted molar refractivity (Wildman–Crippen MR) is 310 cm³/mol. The van der Waals surface area contributed by atoms with Gasteiger partial charge in [0.2, 0.25) is 0 Å². The van der Waals surface area contributed by atoms with Crippen LogP contribution in [0.25, 0.3) is 11.1 Å². The van der Waals surface area contributed by atoms with Gasteiger partial charge >= 0.3 is 0 Å². The van der Waals surface area contributed by atoms with Crippen molar-refractivity contribution >= 4 is 68.6 Å². The Balaban J connectivity index is 1.14. The molecule has 0 radical (unpaired) electrons. The Bertz CT molecular complexity index is 3490. The first-order valence-electron chi connectivity index (χ1n) is 26.5. The highest BCUT2D eigenvalue weighted by atomic mass is 15.3. The number of rotatable bonds is 4. The van der Waals surface area contributed by atoms with Gasteiger partial charge < -0.3 is 14.7 Å². The second-order valence-corrected chi connectivity index (χ2v) is 25.1. The molecule has 0 spiro atoms. The van der Waals surface area contributed by atoms with Crippen LogP contribution in [-0.4, -0.2) is 6.71 Å². The summed E-state index contributed by atoms with van der Waals surface area (Å²) in [5.74, 6) is 0. The van der Waals surface area contributed by atoms with Crippen LogP contribution in [0.15, 0.2) is 164 Å². The Morgan fingerprint density at radius 2 is 1.04 bits per heavy atom. The number of benzene rings is 8. The van der Waals surface area contributed by atoms with Gasteiger partial charge in [0.05, 0.1) is 5.54 Å². The van der Waals surface area contributed by atoms with Crippen molar-refractivity contribution in [2.45, 2.75) is 130 Å². The molecule has 8 aromatic carbocycles. The molecule has 360 valence electrons. The summed E-state index contributed by atoms with van der Waals surface area (Å²) in [5.41, 5.74) is 26.9. The molecule has 4 aliphatic rings. The zero-order chi connectivity index (χ0) is 50.4. The normalized spacial score (nSPS) is 18.8. The smallest absolute Gasteiger partial charge is 0.252 e. The number of anilines is 8. The Labute approximate surface area is 430 Å². The van der Waals surface area contributed by atoms with Crippen molar-refractivity contribution in [1.82, 2.24) is 0 Å². The molecule has 0 aromatic heterocycles. The van der Waals surface area contributed by atoms with E-state index in [1.54, 1.807) is 0 Å². The average Bonchev–Trinajstić information content (AvgIpc) is 3.56. The van der Waals surface area contributed by atoms with Crippen molar-refractivity contribution in [3.8, 4) is 11.1 Å². The Hall–Kier alpha value is -6.78. The van der Waals surface area contributed by atoms with Gasteiger partial charge in [-0.25, -0.2) is 0 Å². The summed E-state index contributed by atoms with van der Waals surface area (Å²) in [6.45, 7) is 30.6. The van der Waals surface area contributed by atoms with Crippen molar-refractivity contribution in [1.29, 1.82) is 0 Å². The topological polar surface area (TPSA) is 9.72 Å². The van der Waals surface area contributed by atoms with Gasteiger partial charge in [-0.05, 0) is 183 Å². The fourth-order valence-corrected chi connectivity index (χ4v) is 13.3. The molecule has 0 saturated heterocycles. The highest BCUT2D eigenvalue weighted by molar-refractivity contribution is 7.00. The van der Waals surface area contributed by atoms with Crippen LogP contribution in [-0.2, 0) is 33.6 Å². The van der Waals surface area contributed by atoms with Crippen molar-refractivity contribution in [3.63, 3.8) is 0 Å². The zero-order valence-electron chi connectivity index (χ0n) is 44.9. The molecular weight excluding hydrogens is 870 g/mol. The Morgan fingerprint density at radius 3 is 1.72 bits per heavy atom. The predicted octanol–water partition coefficient (Wildman–Crippen LogP) is 16.2. The summed E-state index contributed by atoms with van der Waals surface area (Å²) in [6.07, 6.45) is 2.12. The fraction of sp³-hybridized carbons (Fsp3) is 0.294. The quantitative estimate of drug-likeness (QED) is 0.163. The number of hydrogen-bond donors (Lipinski definition) is 0. The third-order valence-electron chi connectivity index (χ3n) is 17.5. The van der Waals surface area contributed by atoms with Crippen LogP contribution in [0.5, 0.6) is 0 Å². The van der Waals surface area contributed by atoms with Crippen LogP contribution >= 0.6 is 0 Å². The van der Waals surface area contributed by atoms with Gasteiger partial charge in [-0.2, -0.15) is 0 Å². The molecule has 0 amide bonds. The van der Waals surface area contributed by atoms with Crippen molar-refractivity contribution in [2.75, 3.05) is 14.7 Å². The first-order chi connectivity index (χ1) is 34.2. The van der Waals surface area contributed by atoms with E-state index in [2.05, 4.69) is 269 Å². The molecule has 72 heavy (non-hydrogen) atoms. The van der Waals surface area contributed by atoms with Crippen molar-refractivity contribution in [2.24, 2.45) is 0 Å². The van der Waals surface area contributed by atoms with E-state index in [1.807, 2.05) is 0 Å². The largest absolute Gasteiger partial charge is 0.330 e. The molecule has 12 rings (SSSR count). The van der Waals surface area contributed by atoms with Gasteiger partial charge in [0, 0.05) is 50.9 Å². The molecule has 4 heteroatoms. The molecule has 3 heterocycles. The van der Waals surface area contributed by atoms with Gasteiger partial charge in [-0.15, -0.1) is 0 Å². The molecular formula is C68H70BN3. The first kappa shape index (κ1) is 46.3. The number of aryl methyl sites for hydroxylation is 3. The summed E-state index contributed by atoms with van der Waals surface area (Å²) in [7, 11) is 0. The minimum absolute atomic E-state index is 0.00278. The monoisotopic (exact) mass is 940 g/mol. The summed E-state index contributed by atoms with van der Waals surface area (Å²) >= 11 is 0. The van der Waals surface area contributed by atoms with E-state index in [-0.39, 0.29) is 33.9 Å². The molecule has 0 bridgehead atoms. The summed E-state index contributed by atoms with van der Waals surface area (Å²) in [6, 6.07) is 64.0. The summed E-state index contributed by atoms with van der Waals surface area (Å²) in [4.78, 5) is 7.96. The van der Waals surface area contributed by atoms with E-state index in [9.17, 15) is 0 Å². The first-order valence-corrected chi connectivity index (χ1v) is 26.5. The van der Waals surface area contributed by atoms with E-state index < -0.39 is 0 Å². The lowest BCUT2D eigenvalue weighted by molar-refractivity contribution is 0.245. The van der Waals surface area contributed by atoms with Crippen LogP contribution in [0.4, 0.5) is 45.5 Å². The van der Waals surface area contributed by atoms with Crippen LogP contribution in [0.1, 0.15) is 127 Å². The minimum Gasteiger partial charge on any atom is -0.330 e. The van der Waals surface area contributed by atoms with Crippen LogP contribution in [0, 0.1) is 13.8 Å². The van der Waals surface area contributed by atoms with E-state index in [4.69, 9.17) is 0 Å². The van der Waals surface area contributed by atoms with Gasteiger partial charge in [0.25, 0.3) is 6.71 Å². The second-order valence-electron chi connectivity index (χ2n) is 25.1. The van der Waals surface area contributed by atoms with Crippen LogP contribution < -0.4 is 31.1 Å². The summed E-state index contributed by atoms with van der Waals surface area (Å²) in [5, 5.41) is 0. The lowest BCUT2D eigenvalue weighted by atomic mass is 9.33. The van der Waals surface area contributed by atoms with Gasteiger partial charge in [0.15, 0.2) is 0 Å². The lowest BCUT2D eigenvalue weighted by Gasteiger charge is -2.51. The molecule has 2 unspecified atom stereocenters. The SMILES string of the molecule is Cc1cc2c3c(c1)N(c1ccc(C(C)(C)C)cc1C)c1ccc(C(C)(C)C)cc1B3c1ccc(N3c4ccc(-c5ccccc5)cc4C4(C)CCc5ccccc5C34C)cc1N2c1ccc(C(C)(C)C)cc1. The molecule has 3 aliphatic heterocycles. The zero-order valence-corrected chi connectivity index (χ0v) is 44.9. The highest BCUT2D eigenvalue weighted by Gasteiger charge is 2.60. The third kappa shape index (κ3) is 6.84. The van der Waals surface area contributed by atoms with E-state index in [0.717, 1.165) is 12.8 Å². The maximum Gasteiger partial charge on any atom is 0.252 e. The number of hydrogen-bond acceptors (Lipinski definition) is 3. The van der Waals surface area contributed by atoms with Crippen LogP contribution in [0.2, 0.25) is 0 Å². The van der Waals surface area contributed by atoms with Gasteiger partial charge in [-0.3, -0.25) is 0 Å². The van der Waals surface area contributed by atoms with Crippen molar-refractivity contribution < 1.29 is 0 Å². The molecule has 0 saturated carbocycles. The standard InChI is InChI=1S/C68H70BN3/c1-43-37-61-63-62(38-43)71(57-33-26-49(39-44(57)2)65(6,7)8)59-34-27-50(66(9,10)11)41-56(59)69(63)55-31-30-52(42-60(55)70(61)51-28-24-48(25-29-51)64(3,4)5)72-58-32-23-47(45-19-15-14-16-20-45)40-54(58)67(12)36-35-46-21-17-18-22-53(46)68(67,72)13/h14-34,37-42H,35-36H2,1-13H3. The van der Waals surface area contributed by atoms with Gasteiger partial charge in [0.1, 0.15) is 0 Å². The van der Waals surface area contributed by atoms with E-state index in [0.29, 0.717) is 0 Å². The second kappa shape index (κ2) is 15.9. The van der Waals surface area contributed by atoms with E-state index in [1.165, 1.54) is 118 Å². The Kier molecular flexibility index (Phi) is 10.2. The molecule has 1 aliphatic carbocycles. The molecule has 2 atom stereocenters. The molecule has 0 N–H and O–H groups in total. The Morgan fingerprint density at radius 1 is 0.444 bits per heavy atom. The molecule has 3 nitrogen and oxygen atoms in total. The molecule has 0 fully saturated rings. The van der Waals surface area contributed by atoms with E-state index >= 15 is 0 Å². The highest BCUT2D eigenvalue weighted by Crippen LogP contribution is 2.64. The fourth-order valence-electron chi connectivity index (χ4n) is 13.3.